The SMILES string of the molecule is COc1cc(COC(=S)N(C)C)cc(OC)c1O.NC(=O)S. The summed E-state index contributed by atoms with van der Waals surface area (Å²) < 4.78 is 15.5. The summed E-state index contributed by atoms with van der Waals surface area (Å²) in [7, 11) is 6.56. The Morgan fingerprint density at radius 3 is 2.05 bits per heavy atom. The molecule has 124 valence electrons. The number of thiocarbonyl (C=S) groups is 1. The third-order valence-corrected chi connectivity index (χ3v) is 2.75. The number of primary amides is 1. The number of hydrogen-bond acceptors (Lipinski definition) is 6. The van der Waals surface area contributed by atoms with Gasteiger partial charge in [-0.05, 0) is 29.9 Å². The molecule has 3 N–H and O–H groups in total. The second-order valence-electron chi connectivity index (χ2n) is 4.14. The van der Waals surface area contributed by atoms with Crippen molar-refractivity contribution in [2.24, 2.45) is 5.73 Å². The first-order chi connectivity index (χ1) is 10.2. The first-order valence-corrected chi connectivity index (χ1v) is 6.84. The van der Waals surface area contributed by atoms with Crippen molar-refractivity contribution < 1.29 is 24.1 Å². The molecule has 0 bridgehead atoms. The quantitative estimate of drug-likeness (QED) is 0.564. The number of carbonyl (C=O) groups is 1. The van der Waals surface area contributed by atoms with E-state index in [2.05, 4.69) is 18.4 Å². The van der Waals surface area contributed by atoms with Crippen molar-refractivity contribution in [3.63, 3.8) is 0 Å². The molecule has 1 aromatic rings. The van der Waals surface area contributed by atoms with E-state index >= 15 is 0 Å². The predicted octanol–water partition coefficient (Wildman–Crippen LogP) is 1.77. The van der Waals surface area contributed by atoms with Crippen LogP contribution in [0.4, 0.5) is 4.79 Å². The zero-order chi connectivity index (χ0) is 17.3. The maximum absolute atomic E-state index is 9.75. The highest BCUT2D eigenvalue weighted by Crippen LogP contribution is 2.37. The molecule has 9 heteroatoms. The second kappa shape index (κ2) is 9.96. The monoisotopic (exact) mass is 348 g/mol. The van der Waals surface area contributed by atoms with Crippen molar-refractivity contribution in [1.29, 1.82) is 0 Å². The minimum absolute atomic E-state index is 0.0288. The van der Waals surface area contributed by atoms with Crippen LogP contribution in [-0.2, 0) is 11.3 Å². The number of ether oxygens (including phenoxy) is 3. The van der Waals surface area contributed by atoms with Gasteiger partial charge in [-0.2, -0.15) is 0 Å². The molecule has 0 unspecified atom stereocenters. The maximum Gasteiger partial charge on any atom is 0.273 e. The number of amides is 1. The van der Waals surface area contributed by atoms with Crippen LogP contribution in [0.1, 0.15) is 5.56 Å². The molecule has 0 aromatic heterocycles. The van der Waals surface area contributed by atoms with Gasteiger partial charge in [-0.15, -0.1) is 0 Å². The van der Waals surface area contributed by atoms with Gasteiger partial charge in [-0.25, -0.2) is 0 Å². The summed E-state index contributed by atoms with van der Waals surface area (Å²) in [5, 5.41) is 9.50. The number of carbonyl (C=O) groups excluding carboxylic acids is 1. The summed E-state index contributed by atoms with van der Waals surface area (Å²) >= 11 is 8.12. The van der Waals surface area contributed by atoms with E-state index in [0.717, 1.165) is 5.56 Å². The van der Waals surface area contributed by atoms with Gasteiger partial charge < -0.3 is 30.0 Å². The summed E-state index contributed by atoms with van der Waals surface area (Å²) in [6, 6.07) is 3.35. The standard InChI is InChI=1S/C12H17NO4S.CH3NOS/c1-13(2)12(18)17-7-8-5-9(15-3)11(14)10(6-8)16-4;2-1(3)4/h5-6,14H,7H2,1-4H3;(H3,2,3,4). The van der Waals surface area contributed by atoms with Crippen molar-refractivity contribution >= 4 is 35.3 Å². The molecule has 1 aromatic carbocycles. The predicted molar refractivity (Wildman–Crippen MR) is 90.9 cm³/mol. The molecule has 0 fully saturated rings. The number of aromatic hydroxyl groups is 1. The Kier molecular flexibility index (Phi) is 9.11. The van der Waals surface area contributed by atoms with Crippen molar-refractivity contribution in [2.75, 3.05) is 28.3 Å². The molecule has 0 atom stereocenters. The molecule has 1 amide bonds. The maximum atomic E-state index is 9.75. The minimum atomic E-state index is -0.639. The number of rotatable bonds is 4. The average Bonchev–Trinajstić information content (AvgIpc) is 2.44. The first-order valence-electron chi connectivity index (χ1n) is 5.99. The van der Waals surface area contributed by atoms with Gasteiger partial charge in [-0.3, -0.25) is 4.79 Å². The fourth-order valence-electron chi connectivity index (χ4n) is 1.31. The van der Waals surface area contributed by atoms with Crippen LogP contribution in [0.25, 0.3) is 0 Å². The summed E-state index contributed by atoms with van der Waals surface area (Å²) in [6.45, 7) is 0.282. The average molecular weight is 348 g/mol. The molecule has 0 spiro atoms. The van der Waals surface area contributed by atoms with E-state index in [1.165, 1.54) is 14.2 Å². The van der Waals surface area contributed by atoms with Crippen molar-refractivity contribution in [2.45, 2.75) is 6.61 Å². The van der Waals surface area contributed by atoms with Gasteiger partial charge in [0, 0.05) is 14.1 Å². The normalized spacial score (nSPS) is 9.14. The zero-order valence-electron chi connectivity index (χ0n) is 12.8. The Morgan fingerprint density at radius 1 is 1.32 bits per heavy atom. The smallest absolute Gasteiger partial charge is 0.273 e. The van der Waals surface area contributed by atoms with Crippen molar-refractivity contribution in [1.82, 2.24) is 4.90 Å². The van der Waals surface area contributed by atoms with Gasteiger partial charge in [-0.1, -0.05) is 12.6 Å². The number of phenolic OH excluding ortho intramolecular Hbond substituents is 1. The molecule has 7 nitrogen and oxygen atoms in total. The Balaban J connectivity index is 0.000000980. The number of phenols is 1. The van der Waals surface area contributed by atoms with E-state index in [1.54, 1.807) is 31.1 Å². The minimum Gasteiger partial charge on any atom is -0.502 e. The molecule has 0 aliphatic heterocycles. The number of nitrogens with two attached hydrogens (primary N) is 1. The van der Waals surface area contributed by atoms with Crippen molar-refractivity contribution in [3.05, 3.63) is 17.7 Å². The van der Waals surface area contributed by atoms with E-state index in [-0.39, 0.29) is 12.4 Å². The summed E-state index contributed by atoms with van der Waals surface area (Å²) in [6.07, 6.45) is 0. The Hall–Kier alpha value is -1.87. The van der Waals surface area contributed by atoms with Gasteiger partial charge in [0.15, 0.2) is 11.5 Å². The van der Waals surface area contributed by atoms with Crippen molar-refractivity contribution in [3.8, 4) is 17.2 Å². The lowest BCUT2D eigenvalue weighted by Crippen LogP contribution is -2.22. The van der Waals surface area contributed by atoms with E-state index in [0.29, 0.717) is 16.7 Å². The highest BCUT2D eigenvalue weighted by atomic mass is 32.1. The van der Waals surface area contributed by atoms with E-state index in [9.17, 15) is 5.11 Å². The fraction of sp³-hybridized carbons (Fsp3) is 0.385. The number of hydrogen-bond donors (Lipinski definition) is 3. The van der Waals surface area contributed by atoms with E-state index < -0.39 is 5.24 Å². The third kappa shape index (κ3) is 7.23. The number of methoxy groups -OCH3 is 2. The highest BCUT2D eigenvalue weighted by molar-refractivity contribution is 7.96. The molecule has 0 heterocycles. The molecule has 0 saturated carbocycles. The highest BCUT2D eigenvalue weighted by Gasteiger charge is 2.12. The van der Waals surface area contributed by atoms with Crippen LogP contribution in [0, 0.1) is 0 Å². The number of nitrogens with zero attached hydrogens (tertiary/aromatic N) is 1. The third-order valence-electron chi connectivity index (χ3n) is 2.27. The fourth-order valence-corrected chi connectivity index (χ4v) is 1.36. The lowest BCUT2D eigenvalue weighted by Gasteiger charge is -2.15. The van der Waals surface area contributed by atoms with Crippen LogP contribution in [-0.4, -0.2) is 48.7 Å². The molecule has 0 saturated heterocycles. The molecule has 0 radical (unpaired) electrons. The van der Waals surface area contributed by atoms with Gasteiger partial charge in [0.05, 0.1) is 14.2 Å². The zero-order valence-corrected chi connectivity index (χ0v) is 14.5. The number of thiol groups is 1. The van der Waals surface area contributed by atoms with Gasteiger partial charge in [0.2, 0.25) is 5.75 Å². The lowest BCUT2D eigenvalue weighted by molar-refractivity contribution is 0.255. The van der Waals surface area contributed by atoms with Crippen LogP contribution >= 0.6 is 24.8 Å². The largest absolute Gasteiger partial charge is 0.502 e. The molecule has 0 aliphatic carbocycles. The Labute approximate surface area is 140 Å². The van der Waals surface area contributed by atoms with Gasteiger partial charge in [0.1, 0.15) is 6.61 Å². The first kappa shape index (κ1) is 20.1. The van der Waals surface area contributed by atoms with Gasteiger partial charge >= 0.3 is 0 Å². The molecule has 0 aliphatic rings. The molecular formula is C13H20N2O5S2. The van der Waals surface area contributed by atoms with E-state index in [4.69, 9.17) is 31.2 Å². The van der Waals surface area contributed by atoms with E-state index in [1.807, 2.05) is 0 Å². The Bertz CT molecular complexity index is 494. The van der Waals surface area contributed by atoms with Crippen LogP contribution in [0.15, 0.2) is 12.1 Å². The molecule has 22 heavy (non-hydrogen) atoms. The summed E-state index contributed by atoms with van der Waals surface area (Å²) in [5.74, 6) is 0.645. The number of benzene rings is 1. The van der Waals surface area contributed by atoms with Crippen LogP contribution in [0.2, 0.25) is 0 Å². The Morgan fingerprint density at radius 2 is 1.73 bits per heavy atom. The van der Waals surface area contributed by atoms with Gasteiger partial charge in [0.25, 0.3) is 10.4 Å². The second-order valence-corrected chi connectivity index (χ2v) is 4.93. The van der Waals surface area contributed by atoms with Crippen LogP contribution < -0.4 is 15.2 Å². The topological polar surface area (TPSA) is 94.2 Å². The summed E-state index contributed by atoms with van der Waals surface area (Å²) in [5.41, 5.74) is 5.13. The molecular weight excluding hydrogens is 328 g/mol. The lowest BCUT2D eigenvalue weighted by atomic mass is 10.2. The molecule has 1 rings (SSSR count). The van der Waals surface area contributed by atoms with Crippen LogP contribution in [0.5, 0.6) is 17.2 Å². The summed E-state index contributed by atoms with van der Waals surface area (Å²) in [4.78, 5) is 10.8. The van der Waals surface area contributed by atoms with Crippen LogP contribution in [0.3, 0.4) is 0 Å².